The molecule has 1 amide bonds. The Morgan fingerprint density at radius 2 is 2.33 bits per heavy atom. The molecular weight excluding hydrogens is 296 g/mol. The monoisotopic (exact) mass is 312 g/mol. The van der Waals surface area contributed by atoms with E-state index in [0.717, 1.165) is 22.3 Å². The highest BCUT2D eigenvalue weighted by Gasteiger charge is 2.29. The molecule has 0 aliphatic carbocycles. The number of methoxy groups -OCH3 is 1. The molecule has 1 aromatic rings. The van der Waals surface area contributed by atoms with E-state index in [1.165, 1.54) is 0 Å². The van der Waals surface area contributed by atoms with Crippen LogP contribution in [0.25, 0.3) is 0 Å². The van der Waals surface area contributed by atoms with Crippen LogP contribution in [0.4, 0.5) is 5.69 Å². The van der Waals surface area contributed by atoms with Gasteiger partial charge < -0.3 is 15.4 Å². The van der Waals surface area contributed by atoms with E-state index in [1.54, 1.807) is 7.11 Å². The van der Waals surface area contributed by atoms with Crippen LogP contribution in [0.5, 0.6) is 0 Å². The molecule has 2 unspecified atom stereocenters. The molecule has 0 aromatic heterocycles. The van der Waals surface area contributed by atoms with Crippen LogP contribution in [0.15, 0.2) is 22.7 Å². The molecule has 0 spiro atoms. The summed E-state index contributed by atoms with van der Waals surface area (Å²) >= 11 is 3.43. The highest BCUT2D eigenvalue weighted by atomic mass is 79.9. The number of nitrogens with one attached hydrogen (secondary N) is 2. The molecule has 2 rings (SSSR count). The predicted octanol–water partition coefficient (Wildman–Crippen LogP) is 2.07. The van der Waals surface area contributed by atoms with Crippen LogP contribution in [0.2, 0.25) is 0 Å². The molecule has 2 N–H and O–H groups in total. The number of anilines is 1. The summed E-state index contributed by atoms with van der Waals surface area (Å²) in [6, 6.07) is 5.70. The van der Waals surface area contributed by atoms with Crippen molar-refractivity contribution >= 4 is 27.5 Å². The fraction of sp³-hybridized carbons (Fsp3) is 0.462. The summed E-state index contributed by atoms with van der Waals surface area (Å²) in [5.74, 6) is -0.0131. The van der Waals surface area contributed by atoms with Crippen molar-refractivity contribution in [3.63, 3.8) is 0 Å². The first-order valence-corrected chi connectivity index (χ1v) is 6.72. The van der Waals surface area contributed by atoms with Crippen molar-refractivity contribution in [2.75, 3.05) is 19.0 Å². The number of hydrogen-bond acceptors (Lipinski definition) is 3. The Kier molecular flexibility index (Phi) is 4.37. The van der Waals surface area contributed by atoms with Gasteiger partial charge in [-0.3, -0.25) is 4.79 Å². The smallest absolute Gasteiger partial charge is 0.241 e. The number of amides is 1. The van der Waals surface area contributed by atoms with Gasteiger partial charge in [0, 0.05) is 18.1 Å². The zero-order valence-corrected chi connectivity index (χ0v) is 12.1. The first-order valence-electron chi connectivity index (χ1n) is 5.93. The van der Waals surface area contributed by atoms with Crippen molar-refractivity contribution in [3.8, 4) is 0 Å². The standard InChI is InChI=1S/C13H17BrN2O2/c1-8-3-4-10(14)11(5-8)16-13(17)12-6-9(18-2)7-15-12/h3-5,9,12,15H,6-7H2,1-2H3,(H,16,17). The summed E-state index contributed by atoms with van der Waals surface area (Å²) in [5.41, 5.74) is 1.92. The van der Waals surface area contributed by atoms with E-state index in [0.29, 0.717) is 6.42 Å². The molecule has 1 aliphatic heterocycles. The lowest BCUT2D eigenvalue weighted by molar-refractivity contribution is -0.118. The Morgan fingerprint density at radius 3 is 3.00 bits per heavy atom. The molecule has 4 nitrogen and oxygen atoms in total. The zero-order chi connectivity index (χ0) is 13.1. The van der Waals surface area contributed by atoms with Gasteiger partial charge >= 0.3 is 0 Å². The second-order valence-corrected chi connectivity index (χ2v) is 5.38. The highest BCUT2D eigenvalue weighted by molar-refractivity contribution is 9.10. The van der Waals surface area contributed by atoms with E-state index in [-0.39, 0.29) is 18.1 Å². The van der Waals surface area contributed by atoms with E-state index in [4.69, 9.17) is 4.74 Å². The summed E-state index contributed by atoms with van der Waals surface area (Å²) in [7, 11) is 1.67. The van der Waals surface area contributed by atoms with E-state index in [2.05, 4.69) is 26.6 Å². The Hall–Kier alpha value is -0.910. The molecule has 1 aliphatic rings. The van der Waals surface area contributed by atoms with Gasteiger partial charge in [0.05, 0.1) is 17.8 Å². The molecule has 1 heterocycles. The number of carbonyl (C=O) groups excluding carboxylic acids is 1. The van der Waals surface area contributed by atoms with Crippen molar-refractivity contribution in [1.82, 2.24) is 5.32 Å². The van der Waals surface area contributed by atoms with Gasteiger partial charge in [-0.2, -0.15) is 0 Å². The van der Waals surface area contributed by atoms with Crippen molar-refractivity contribution in [1.29, 1.82) is 0 Å². The summed E-state index contributed by atoms with van der Waals surface area (Å²) < 4.78 is 6.12. The highest BCUT2D eigenvalue weighted by Crippen LogP contribution is 2.24. The minimum absolute atomic E-state index is 0.0131. The number of hydrogen-bond donors (Lipinski definition) is 2. The van der Waals surface area contributed by atoms with Crippen molar-refractivity contribution in [2.45, 2.75) is 25.5 Å². The third kappa shape index (κ3) is 3.10. The molecule has 18 heavy (non-hydrogen) atoms. The van der Waals surface area contributed by atoms with E-state index in [9.17, 15) is 4.79 Å². The Balaban J connectivity index is 2.01. The number of benzene rings is 1. The largest absolute Gasteiger partial charge is 0.380 e. The first kappa shape index (κ1) is 13.5. The lowest BCUT2D eigenvalue weighted by atomic mass is 10.1. The van der Waals surface area contributed by atoms with Gasteiger partial charge in [-0.25, -0.2) is 0 Å². The van der Waals surface area contributed by atoms with Crippen LogP contribution in [-0.2, 0) is 9.53 Å². The van der Waals surface area contributed by atoms with Gasteiger partial charge in [0.15, 0.2) is 0 Å². The number of rotatable bonds is 3. The third-order valence-corrected chi connectivity index (χ3v) is 3.81. The number of aryl methyl sites for hydroxylation is 1. The van der Waals surface area contributed by atoms with Gasteiger partial charge in [0.1, 0.15) is 0 Å². The van der Waals surface area contributed by atoms with Crippen molar-refractivity contribution in [3.05, 3.63) is 28.2 Å². The molecule has 0 bridgehead atoms. The predicted molar refractivity (Wildman–Crippen MR) is 74.7 cm³/mol. The average molecular weight is 313 g/mol. The fourth-order valence-electron chi connectivity index (χ4n) is 2.04. The topological polar surface area (TPSA) is 50.4 Å². The lowest BCUT2D eigenvalue weighted by Gasteiger charge is -2.13. The average Bonchev–Trinajstić information content (AvgIpc) is 2.82. The Bertz CT molecular complexity index is 451. The van der Waals surface area contributed by atoms with Crippen molar-refractivity contribution < 1.29 is 9.53 Å². The molecule has 5 heteroatoms. The quantitative estimate of drug-likeness (QED) is 0.898. The van der Waals surface area contributed by atoms with Gasteiger partial charge in [-0.1, -0.05) is 6.07 Å². The molecule has 1 saturated heterocycles. The fourth-order valence-corrected chi connectivity index (χ4v) is 2.38. The molecule has 0 saturated carbocycles. The molecule has 2 atom stereocenters. The molecule has 1 fully saturated rings. The van der Waals surface area contributed by atoms with Crippen molar-refractivity contribution in [2.24, 2.45) is 0 Å². The summed E-state index contributed by atoms with van der Waals surface area (Å²) in [5, 5.41) is 6.09. The van der Waals surface area contributed by atoms with E-state index in [1.807, 2.05) is 25.1 Å². The van der Waals surface area contributed by atoms with Crippen LogP contribution >= 0.6 is 15.9 Å². The molecule has 1 aromatic carbocycles. The first-order chi connectivity index (χ1) is 8.60. The number of ether oxygens (including phenoxy) is 1. The molecule has 98 valence electrons. The van der Waals surface area contributed by atoms with E-state index >= 15 is 0 Å². The maximum absolute atomic E-state index is 12.1. The SMILES string of the molecule is COC1CNC(C(=O)Nc2cc(C)ccc2Br)C1. The maximum atomic E-state index is 12.1. The zero-order valence-electron chi connectivity index (χ0n) is 10.5. The summed E-state index contributed by atoms with van der Waals surface area (Å²) in [6.45, 7) is 2.72. The summed E-state index contributed by atoms with van der Waals surface area (Å²) in [6.07, 6.45) is 0.841. The maximum Gasteiger partial charge on any atom is 0.241 e. The summed E-state index contributed by atoms with van der Waals surface area (Å²) in [4.78, 5) is 12.1. The van der Waals surface area contributed by atoms with Crippen LogP contribution in [-0.4, -0.2) is 31.7 Å². The van der Waals surface area contributed by atoms with Crippen LogP contribution in [0.3, 0.4) is 0 Å². The normalized spacial score (nSPS) is 23.1. The number of carbonyl (C=O) groups is 1. The minimum Gasteiger partial charge on any atom is -0.380 e. The molecular formula is C13H17BrN2O2. The van der Waals surface area contributed by atoms with Crippen LogP contribution in [0, 0.1) is 6.92 Å². The van der Waals surface area contributed by atoms with Gasteiger partial charge in [0.25, 0.3) is 0 Å². The van der Waals surface area contributed by atoms with Gasteiger partial charge in [-0.15, -0.1) is 0 Å². The second kappa shape index (κ2) is 5.82. The van der Waals surface area contributed by atoms with E-state index < -0.39 is 0 Å². The van der Waals surface area contributed by atoms with Crippen LogP contribution in [0.1, 0.15) is 12.0 Å². The molecule has 0 radical (unpaired) electrons. The number of halogens is 1. The Labute approximate surface area is 115 Å². The third-order valence-electron chi connectivity index (χ3n) is 3.12. The Morgan fingerprint density at radius 1 is 1.56 bits per heavy atom. The van der Waals surface area contributed by atoms with Crippen LogP contribution < -0.4 is 10.6 Å². The second-order valence-electron chi connectivity index (χ2n) is 4.53. The lowest BCUT2D eigenvalue weighted by Crippen LogP contribution is -2.35. The van der Waals surface area contributed by atoms with Gasteiger partial charge in [0.2, 0.25) is 5.91 Å². The minimum atomic E-state index is -0.178. The van der Waals surface area contributed by atoms with Gasteiger partial charge in [-0.05, 0) is 47.0 Å².